The van der Waals surface area contributed by atoms with Gasteiger partial charge in [0, 0.05) is 15.7 Å². The molecule has 24 heavy (non-hydrogen) atoms. The summed E-state index contributed by atoms with van der Waals surface area (Å²) in [5.74, 6) is 0.393. The maximum Gasteiger partial charge on any atom is 0.246 e. The zero-order valence-corrected chi connectivity index (χ0v) is 14.5. The Bertz CT molecular complexity index is 741. The molecule has 1 amide bonds. The van der Waals surface area contributed by atoms with Crippen LogP contribution >= 0.6 is 23.4 Å². The normalized spacial score (nSPS) is 16.5. The van der Waals surface area contributed by atoms with E-state index in [-0.39, 0.29) is 31.0 Å². The largest absolute Gasteiger partial charge is 0.367 e. The molecule has 0 radical (unpaired) electrons. The summed E-state index contributed by atoms with van der Waals surface area (Å²) in [6.07, 6.45) is 0.775. The van der Waals surface area contributed by atoms with Gasteiger partial charge in [0.05, 0.1) is 12.6 Å². The fourth-order valence-electron chi connectivity index (χ4n) is 2.62. The number of rotatable bonds is 5. The molecule has 1 aliphatic rings. The Labute approximate surface area is 149 Å². The first-order valence-electron chi connectivity index (χ1n) is 7.66. The van der Waals surface area contributed by atoms with E-state index in [1.54, 1.807) is 23.9 Å². The van der Waals surface area contributed by atoms with Gasteiger partial charge >= 0.3 is 0 Å². The van der Waals surface area contributed by atoms with E-state index in [0.717, 1.165) is 28.2 Å². The van der Waals surface area contributed by atoms with Crippen molar-refractivity contribution in [3.05, 3.63) is 64.4 Å². The summed E-state index contributed by atoms with van der Waals surface area (Å²) >= 11 is 7.73. The van der Waals surface area contributed by atoms with Crippen molar-refractivity contribution in [2.45, 2.75) is 24.0 Å². The average molecular weight is 366 g/mol. The zero-order valence-electron chi connectivity index (χ0n) is 12.9. The fraction of sp³-hybridized carbons (Fsp3) is 0.278. The molecule has 0 aliphatic carbocycles. The van der Waals surface area contributed by atoms with Gasteiger partial charge in [-0.05, 0) is 41.8 Å². The van der Waals surface area contributed by atoms with Crippen molar-refractivity contribution in [1.29, 1.82) is 0 Å². The average Bonchev–Trinajstić information content (AvgIpc) is 2.57. The van der Waals surface area contributed by atoms with Crippen molar-refractivity contribution in [2.75, 3.05) is 12.4 Å². The molecule has 6 heteroatoms. The number of carbonyl (C=O) groups is 1. The van der Waals surface area contributed by atoms with Crippen molar-refractivity contribution in [1.82, 2.24) is 5.32 Å². The Kier molecular flexibility index (Phi) is 5.76. The lowest BCUT2D eigenvalue weighted by atomic mass is 10.0. The second-order valence-corrected chi connectivity index (χ2v) is 7.07. The summed E-state index contributed by atoms with van der Waals surface area (Å²) in [5.41, 5.74) is 1.68. The summed E-state index contributed by atoms with van der Waals surface area (Å²) in [6, 6.07) is 11.9. The van der Waals surface area contributed by atoms with Crippen LogP contribution in [-0.2, 0) is 16.1 Å². The van der Waals surface area contributed by atoms with Gasteiger partial charge < -0.3 is 10.1 Å². The zero-order chi connectivity index (χ0) is 16.9. The van der Waals surface area contributed by atoms with Gasteiger partial charge in [0.1, 0.15) is 12.4 Å². The van der Waals surface area contributed by atoms with Crippen LogP contribution in [0.5, 0.6) is 0 Å². The predicted molar refractivity (Wildman–Crippen MR) is 93.7 cm³/mol. The molecule has 0 spiro atoms. The van der Waals surface area contributed by atoms with E-state index in [1.165, 1.54) is 12.1 Å². The maximum absolute atomic E-state index is 13.5. The molecule has 0 saturated heterocycles. The van der Waals surface area contributed by atoms with E-state index in [1.807, 2.05) is 18.2 Å². The second-order valence-electron chi connectivity index (χ2n) is 5.52. The molecule has 1 atom stereocenters. The smallest absolute Gasteiger partial charge is 0.246 e. The number of amides is 1. The standard InChI is InChI=1S/C18H17ClFNO2S/c19-15-4-2-1-3-12(15)10-23-11-18(22)21-16-7-8-24-17-6-5-13(20)9-14(16)17/h1-6,9,16H,7-8,10-11H2,(H,21,22)/t16-/m0/s1. The third kappa shape index (κ3) is 4.29. The van der Waals surface area contributed by atoms with E-state index in [2.05, 4.69) is 5.32 Å². The van der Waals surface area contributed by atoms with E-state index in [9.17, 15) is 9.18 Å². The minimum absolute atomic E-state index is 0.0560. The molecular weight excluding hydrogens is 349 g/mol. The summed E-state index contributed by atoms with van der Waals surface area (Å²) in [7, 11) is 0. The first kappa shape index (κ1) is 17.3. The van der Waals surface area contributed by atoms with Gasteiger partial charge in [-0.1, -0.05) is 29.8 Å². The molecular formula is C18H17ClFNO2S. The Morgan fingerprint density at radius 2 is 2.17 bits per heavy atom. The van der Waals surface area contributed by atoms with Crippen molar-refractivity contribution in [3.63, 3.8) is 0 Å². The Morgan fingerprint density at radius 1 is 1.33 bits per heavy atom. The van der Waals surface area contributed by atoms with Gasteiger partial charge in [0.2, 0.25) is 5.91 Å². The number of hydrogen-bond acceptors (Lipinski definition) is 3. The topological polar surface area (TPSA) is 38.3 Å². The van der Waals surface area contributed by atoms with Gasteiger partial charge in [-0.25, -0.2) is 4.39 Å². The van der Waals surface area contributed by atoms with E-state index >= 15 is 0 Å². The highest BCUT2D eigenvalue weighted by Crippen LogP contribution is 2.36. The number of thioether (sulfide) groups is 1. The van der Waals surface area contributed by atoms with E-state index in [4.69, 9.17) is 16.3 Å². The first-order chi connectivity index (χ1) is 11.6. The second kappa shape index (κ2) is 8.01. The molecule has 2 aromatic carbocycles. The highest BCUT2D eigenvalue weighted by molar-refractivity contribution is 7.99. The Morgan fingerprint density at radius 3 is 3.00 bits per heavy atom. The first-order valence-corrected chi connectivity index (χ1v) is 9.02. The molecule has 0 saturated carbocycles. The van der Waals surface area contributed by atoms with E-state index in [0.29, 0.717) is 5.02 Å². The molecule has 0 aromatic heterocycles. The summed E-state index contributed by atoms with van der Waals surface area (Å²) in [5, 5.41) is 3.54. The molecule has 0 unspecified atom stereocenters. The summed E-state index contributed by atoms with van der Waals surface area (Å²) < 4.78 is 18.9. The molecule has 0 bridgehead atoms. The Balaban J connectivity index is 1.55. The van der Waals surface area contributed by atoms with Crippen LogP contribution in [0.4, 0.5) is 4.39 Å². The highest BCUT2D eigenvalue weighted by Gasteiger charge is 2.22. The number of halogens is 2. The number of ether oxygens (including phenoxy) is 1. The fourth-order valence-corrected chi connectivity index (χ4v) is 3.92. The monoisotopic (exact) mass is 365 g/mol. The predicted octanol–water partition coefficient (Wildman–Crippen LogP) is 4.35. The van der Waals surface area contributed by atoms with Gasteiger partial charge in [-0.15, -0.1) is 11.8 Å². The van der Waals surface area contributed by atoms with Crippen LogP contribution in [0.15, 0.2) is 47.4 Å². The van der Waals surface area contributed by atoms with E-state index < -0.39 is 0 Å². The van der Waals surface area contributed by atoms with Crippen LogP contribution < -0.4 is 5.32 Å². The minimum Gasteiger partial charge on any atom is -0.367 e. The molecule has 126 valence electrons. The lowest BCUT2D eigenvalue weighted by Crippen LogP contribution is -2.33. The number of carbonyl (C=O) groups excluding carboxylic acids is 1. The maximum atomic E-state index is 13.5. The Hall–Kier alpha value is -1.56. The van der Waals surface area contributed by atoms with Crippen LogP contribution in [0.1, 0.15) is 23.6 Å². The number of fused-ring (bicyclic) bond motifs is 1. The lowest BCUT2D eigenvalue weighted by molar-refractivity contribution is -0.126. The van der Waals surface area contributed by atoms with Crippen LogP contribution in [0.3, 0.4) is 0 Å². The number of benzene rings is 2. The van der Waals surface area contributed by atoms with Gasteiger partial charge in [0.25, 0.3) is 0 Å². The SMILES string of the molecule is O=C(COCc1ccccc1Cl)N[C@H]1CCSc2ccc(F)cc21. The van der Waals surface area contributed by atoms with Gasteiger partial charge in [-0.3, -0.25) is 4.79 Å². The summed E-state index contributed by atoms with van der Waals surface area (Å²) in [4.78, 5) is 13.1. The van der Waals surface area contributed by atoms with Crippen LogP contribution in [-0.4, -0.2) is 18.3 Å². The minimum atomic E-state index is -0.287. The van der Waals surface area contributed by atoms with Crippen LogP contribution in [0.25, 0.3) is 0 Å². The lowest BCUT2D eigenvalue weighted by Gasteiger charge is -2.26. The molecule has 2 aromatic rings. The molecule has 3 rings (SSSR count). The quantitative estimate of drug-likeness (QED) is 0.856. The van der Waals surface area contributed by atoms with Gasteiger partial charge in [-0.2, -0.15) is 0 Å². The highest BCUT2D eigenvalue weighted by atomic mass is 35.5. The van der Waals surface area contributed by atoms with Crippen molar-refractivity contribution >= 4 is 29.3 Å². The van der Waals surface area contributed by atoms with Crippen molar-refractivity contribution < 1.29 is 13.9 Å². The number of hydrogen-bond donors (Lipinski definition) is 1. The molecule has 3 nitrogen and oxygen atoms in total. The molecule has 1 aliphatic heterocycles. The van der Waals surface area contributed by atoms with Crippen molar-refractivity contribution in [3.8, 4) is 0 Å². The third-order valence-electron chi connectivity index (χ3n) is 3.80. The summed E-state index contributed by atoms with van der Waals surface area (Å²) in [6.45, 7) is 0.221. The van der Waals surface area contributed by atoms with Crippen molar-refractivity contribution in [2.24, 2.45) is 0 Å². The van der Waals surface area contributed by atoms with Crippen LogP contribution in [0, 0.1) is 5.82 Å². The molecule has 1 heterocycles. The molecule has 1 N–H and O–H groups in total. The van der Waals surface area contributed by atoms with Gasteiger partial charge in [0.15, 0.2) is 0 Å². The molecule has 0 fully saturated rings. The number of nitrogens with one attached hydrogen (secondary N) is 1. The third-order valence-corrected chi connectivity index (χ3v) is 5.29. The van der Waals surface area contributed by atoms with Crippen LogP contribution in [0.2, 0.25) is 5.02 Å².